The molecule has 3 fully saturated rings. The van der Waals surface area contributed by atoms with Crippen molar-refractivity contribution in [2.24, 2.45) is 33.8 Å². The molecule has 3 aliphatic rings. The lowest BCUT2D eigenvalue weighted by Crippen LogP contribution is -2.63. The number of carbonyl (C=O) groups is 6. The highest BCUT2D eigenvalue weighted by atomic mass is 16.2. The van der Waals surface area contributed by atoms with E-state index in [1.54, 1.807) is 30.5 Å². The van der Waals surface area contributed by atoms with Crippen LogP contribution in [0, 0.1) is 5.92 Å². The predicted molar refractivity (Wildman–Crippen MR) is 231 cm³/mol. The molecule has 3 aromatic rings. The van der Waals surface area contributed by atoms with Crippen LogP contribution in [0.1, 0.15) is 81.8 Å². The average molecular weight is 840 g/mol. The minimum Gasteiger partial charge on any atom is -0.370 e. The summed E-state index contributed by atoms with van der Waals surface area (Å²) in [5, 5.41) is 9.62. The lowest BCUT2D eigenvalue weighted by Gasteiger charge is -2.37. The highest BCUT2D eigenvalue weighted by Gasteiger charge is 2.46. The summed E-state index contributed by atoms with van der Waals surface area (Å²) in [5.41, 5.74) is 26.2. The number of aromatic amines is 1. The van der Waals surface area contributed by atoms with Gasteiger partial charge in [0.1, 0.15) is 30.2 Å². The quantitative estimate of drug-likeness (QED) is 0.0682. The Morgan fingerprint density at radius 2 is 1.48 bits per heavy atom. The Kier molecular flexibility index (Phi) is 15.5. The zero-order valence-electron chi connectivity index (χ0n) is 34.7. The normalized spacial score (nSPS) is 24.0. The van der Waals surface area contributed by atoms with Crippen LogP contribution in [0.2, 0.25) is 0 Å². The van der Waals surface area contributed by atoms with E-state index in [4.69, 9.17) is 22.9 Å². The van der Waals surface area contributed by atoms with E-state index >= 15 is 4.79 Å². The molecule has 0 unspecified atom stereocenters. The Hall–Kier alpha value is -5.81. The molecular formula is C44H61N11O6. The number of benzene rings is 2. The van der Waals surface area contributed by atoms with E-state index in [1.807, 2.05) is 30.3 Å². The van der Waals surface area contributed by atoms with Crippen molar-refractivity contribution in [3.8, 4) is 0 Å². The smallest absolute Gasteiger partial charge is 0.252 e. The summed E-state index contributed by atoms with van der Waals surface area (Å²) >= 11 is 0. The summed E-state index contributed by atoms with van der Waals surface area (Å²) in [6.07, 6.45) is 7.88. The van der Waals surface area contributed by atoms with E-state index in [0.717, 1.165) is 59.0 Å². The van der Waals surface area contributed by atoms with Crippen molar-refractivity contribution in [2.45, 2.75) is 120 Å². The SMILES string of the molecule is NCC[C@H]1C(=O)N2CCC[C@H]2C(=O)N[C@H](CC2CCCCC2)C(=O)N[C@@H](Cc2c[nH]c3ccccc23)C(=O)N[C@H](CCCN=C(N)N)C(=O)N1C(=O)[C@@H](N)Cc1ccccc1. The second-order valence-electron chi connectivity index (χ2n) is 16.6. The van der Waals surface area contributed by atoms with Gasteiger partial charge in [0.2, 0.25) is 29.5 Å². The molecule has 6 atom stereocenters. The Morgan fingerprint density at radius 1 is 0.787 bits per heavy atom. The van der Waals surface area contributed by atoms with Gasteiger partial charge >= 0.3 is 0 Å². The maximum atomic E-state index is 15.1. The summed E-state index contributed by atoms with van der Waals surface area (Å²) in [5.74, 6) is -4.17. The van der Waals surface area contributed by atoms with E-state index in [1.165, 1.54) is 4.90 Å². The predicted octanol–water partition coefficient (Wildman–Crippen LogP) is 0.836. The van der Waals surface area contributed by atoms with Gasteiger partial charge in [0.15, 0.2) is 5.96 Å². The molecule has 6 rings (SSSR count). The molecular weight excluding hydrogens is 779 g/mol. The lowest BCUT2D eigenvalue weighted by molar-refractivity contribution is -0.158. The van der Waals surface area contributed by atoms with Crippen molar-refractivity contribution in [1.29, 1.82) is 0 Å². The summed E-state index contributed by atoms with van der Waals surface area (Å²) in [6, 6.07) is 9.22. The van der Waals surface area contributed by atoms with Gasteiger partial charge in [0.05, 0.1) is 6.04 Å². The van der Waals surface area contributed by atoms with Crippen molar-refractivity contribution in [1.82, 2.24) is 30.7 Å². The van der Waals surface area contributed by atoms with Gasteiger partial charge in [-0.05, 0) is 74.6 Å². The number of amides is 6. The minimum atomic E-state index is -1.46. The summed E-state index contributed by atoms with van der Waals surface area (Å²) in [6.45, 7) is 0.174. The number of imide groups is 1. The number of hydrogen-bond donors (Lipinski definition) is 8. The number of para-hydroxylation sites is 1. The highest BCUT2D eigenvalue weighted by Crippen LogP contribution is 2.29. The highest BCUT2D eigenvalue weighted by molar-refractivity contribution is 6.06. The number of hydrogen-bond acceptors (Lipinski definition) is 9. The number of rotatable bonds is 13. The number of fused-ring (bicyclic) bond motifs is 2. The van der Waals surface area contributed by atoms with Crippen molar-refractivity contribution in [2.75, 3.05) is 19.6 Å². The van der Waals surface area contributed by atoms with Crippen LogP contribution >= 0.6 is 0 Å². The molecule has 3 heterocycles. The summed E-state index contributed by atoms with van der Waals surface area (Å²) < 4.78 is 0. The number of H-pyrrole nitrogens is 1. The van der Waals surface area contributed by atoms with Crippen molar-refractivity contribution in [3.05, 3.63) is 71.9 Å². The molecule has 6 amide bonds. The minimum absolute atomic E-state index is 0.0237. The van der Waals surface area contributed by atoms with Gasteiger partial charge in [-0.1, -0.05) is 80.6 Å². The first kappa shape index (κ1) is 44.7. The molecule has 1 saturated carbocycles. The van der Waals surface area contributed by atoms with E-state index < -0.39 is 71.7 Å². The molecule has 328 valence electrons. The fourth-order valence-corrected chi connectivity index (χ4v) is 9.02. The molecule has 0 spiro atoms. The lowest BCUT2D eigenvalue weighted by atomic mass is 9.84. The van der Waals surface area contributed by atoms with Gasteiger partial charge < -0.3 is 48.8 Å². The fraction of sp³-hybridized carbons (Fsp3) is 0.523. The number of nitrogens with two attached hydrogens (primary N) is 4. The number of carbonyl (C=O) groups excluding carboxylic acids is 6. The van der Waals surface area contributed by atoms with Gasteiger partial charge in [0, 0.05) is 36.6 Å². The van der Waals surface area contributed by atoms with Crippen molar-refractivity contribution in [3.63, 3.8) is 0 Å². The monoisotopic (exact) mass is 839 g/mol. The molecule has 2 aliphatic heterocycles. The number of nitrogens with zero attached hydrogens (tertiary/aromatic N) is 3. The van der Waals surface area contributed by atoms with E-state index in [9.17, 15) is 24.0 Å². The van der Waals surface area contributed by atoms with Gasteiger partial charge in [0.25, 0.3) is 5.91 Å². The third kappa shape index (κ3) is 11.3. The number of guanidine groups is 1. The standard InChI is InChI=1S/C44H61N11O6/c45-20-19-37-43(61)54-22-10-18-36(54)40(58)53-34(24-28-13-5-2-6-14-28)38(56)52-35(25-29-26-50-32-16-8-7-15-30(29)32)39(57)51-33(17-9-21-49-44(47)48)42(60)55(37)41(59)31(46)23-27-11-3-1-4-12-27/h1,3-4,7-8,11-12,15-16,26,28,31,33-37,50H,2,5-6,9-10,13-14,17-25,45-46H2,(H,51,57)(H,52,56)(H,53,58)(H4,47,48,49)/t31-,33+,34+,35-,36-,37-/m0/s1. The van der Waals surface area contributed by atoms with Crippen molar-refractivity contribution >= 4 is 52.3 Å². The maximum Gasteiger partial charge on any atom is 0.252 e. The van der Waals surface area contributed by atoms with Crippen LogP contribution in [-0.4, -0.2) is 112 Å². The molecule has 1 aliphatic carbocycles. The molecule has 0 radical (unpaired) electrons. The topological polar surface area (TPSA) is 277 Å². The molecule has 17 nitrogen and oxygen atoms in total. The first-order valence-electron chi connectivity index (χ1n) is 21.6. The molecule has 12 N–H and O–H groups in total. The first-order chi connectivity index (χ1) is 29.4. The van der Waals surface area contributed by atoms with E-state index in [2.05, 4.69) is 25.9 Å². The second kappa shape index (κ2) is 21.1. The Labute approximate surface area is 356 Å². The number of nitrogens with one attached hydrogen (secondary N) is 4. The van der Waals surface area contributed by atoms with Gasteiger partial charge in [-0.2, -0.15) is 0 Å². The van der Waals surface area contributed by atoms with Crippen LogP contribution in [0.15, 0.2) is 65.8 Å². The van der Waals surface area contributed by atoms with E-state index in [-0.39, 0.29) is 63.6 Å². The summed E-state index contributed by atoms with van der Waals surface area (Å²) in [4.78, 5) is 97.8. The van der Waals surface area contributed by atoms with Gasteiger partial charge in [-0.15, -0.1) is 0 Å². The second-order valence-corrected chi connectivity index (χ2v) is 16.6. The molecule has 17 heteroatoms. The number of aromatic nitrogens is 1. The average Bonchev–Trinajstić information content (AvgIpc) is 3.92. The molecule has 0 bridgehead atoms. The van der Waals surface area contributed by atoms with Crippen LogP contribution in [0.3, 0.4) is 0 Å². The Bertz CT molecular complexity index is 2050. The molecule has 61 heavy (non-hydrogen) atoms. The Balaban J connectivity index is 1.44. The molecule has 2 saturated heterocycles. The zero-order valence-corrected chi connectivity index (χ0v) is 34.7. The third-order valence-corrected chi connectivity index (χ3v) is 12.2. The Morgan fingerprint density at radius 3 is 2.21 bits per heavy atom. The van der Waals surface area contributed by atoms with Gasteiger partial charge in [-0.25, -0.2) is 0 Å². The van der Waals surface area contributed by atoms with Crippen LogP contribution in [0.4, 0.5) is 0 Å². The van der Waals surface area contributed by atoms with Crippen LogP contribution in [0.25, 0.3) is 10.9 Å². The van der Waals surface area contributed by atoms with Crippen LogP contribution in [0.5, 0.6) is 0 Å². The summed E-state index contributed by atoms with van der Waals surface area (Å²) in [7, 11) is 0. The zero-order chi connectivity index (χ0) is 43.5. The maximum absolute atomic E-state index is 15.1. The molecule has 1 aromatic heterocycles. The van der Waals surface area contributed by atoms with Crippen molar-refractivity contribution < 1.29 is 28.8 Å². The van der Waals surface area contributed by atoms with Crippen LogP contribution < -0.4 is 38.9 Å². The van der Waals surface area contributed by atoms with Gasteiger partial charge in [-0.3, -0.25) is 38.7 Å². The third-order valence-electron chi connectivity index (χ3n) is 12.2. The largest absolute Gasteiger partial charge is 0.370 e. The van der Waals surface area contributed by atoms with E-state index in [0.29, 0.717) is 19.3 Å². The first-order valence-corrected chi connectivity index (χ1v) is 21.6. The van der Waals surface area contributed by atoms with Crippen LogP contribution in [-0.2, 0) is 41.6 Å². The number of aliphatic imine (C=N–C) groups is 1. The fourth-order valence-electron chi connectivity index (χ4n) is 9.02. The molecule has 2 aromatic carbocycles.